The summed E-state index contributed by atoms with van der Waals surface area (Å²) in [7, 11) is 1.47. The van der Waals surface area contributed by atoms with E-state index in [0.717, 1.165) is 12.8 Å². The van der Waals surface area contributed by atoms with Crippen molar-refractivity contribution in [3.05, 3.63) is 82.7 Å². The fourth-order valence-electron chi connectivity index (χ4n) is 8.25. The molecule has 0 amide bonds. The summed E-state index contributed by atoms with van der Waals surface area (Å²) in [4.78, 5) is 30.0. The number of aliphatic imine (C=N–C) groups is 1. The maximum atomic E-state index is 14.8. The first-order valence-electron chi connectivity index (χ1n) is 17.5. The first-order chi connectivity index (χ1) is 24.3. The maximum absolute atomic E-state index is 14.8. The molecule has 0 spiro atoms. The lowest BCUT2D eigenvalue weighted by Gasteiger charge is -2.61. The van der Waals surface area contributed by atoms with E-state index in [2.05, 4.69) is 36.4 Å². The van der Waals surface area contributed by atoms with Gasteiger partial charge in [-0.2, -0.15) is 13.2 Å². The van der Waals surface area contributed by atoms with Crippen molar-refractivity contribution in [2.45, 2.75) is 64.8 Å². The fraction of sp³-hybridized carbons (Fsp3) is 0.474. The zero-order valence-electron chi connectivity index (χ0n) is 29.2. The zero-order chi connectivity index (χ0) is 36.1. The predicted octanol–water partition coefficient (Wildman–Crippen LogP) is 6.52. The first-order valence-corrected chi connectivity index (χ1v) is 17.5. The first kappa shape index (κ1) is 34.9. The van der Waals surface area contributed by atoms with Gasteiger partial charge in [0.1, 0.15) is 23.4 Å². The number of nitrogens with zero attached hydrogens (tertiary/aromatic N) is 5. The molecule has 0 unspecified atom stereocenters. The summed E-state index contributed by atoms with van der Waals surface area (Å²) in [5.41, 5.74) is 1.93. The van der Waals surface area contributed by atoms with Gasteiger partial charge in [-0.15, -0.1) is 0 Å². The van der Waals surface area contributed by atoms with Gasteiger partial charge in [0.25, 0.3) is 5.56 Å². The molecule has 2 bridgehead atoms. The van der Waals surface area contributed by atoms with E-state index in [1.165, 1.54) is 17.7 Å². The third-order valence-corrected chi connectivity index (χ3v) is 11.5. The van der Waals surface area contributed by atoms with Gasteiger partial charge < -0.3 is 20.3 Å². The highest BCUT2D eigenvalue weighted by molar-refractivity contribution is 5.96. The van der Waals surface area contributed by atoms with Crippen LogP contribution in [-0.2, 0) is 13.0 Å². The fourth-order valence-corrected chi connectivity index (χ4v) is 8.25. The van der Waals surface area contributed by atoms with Crippen LogP contribution in [0.1, 0.15) is 39.2 Å². The number of anilines is 1. The Kier molecular flexibility index (Phi) is 9.28. The summed E-state index contributed by atoms with van der Waals surface area (Å²) in [6, 6.07) is 11.6. The second-order valence-corrected chi connectivity index (χ2v) is 14.7. The van der Waals surface area contributed by atoms with E-state index >= 15 is 0 Å². The van der Waals surface area contributed by atoms with E-state index in [4.69, 9.17) is 14.7 Å². The van der Waals surface area contributed by atoms with Crippen LogP contribution in [0.3, 0.4) is 0 Å². The van der Waals surface area contributed by atoms with Crippen LogP contribution >= 0.6 is 0 Å². The SMILES string of the molecule is COc1ccc(CCn2c(-c3cccnc3)nc3cc(NC(=N[C@H]4C[C@@H]5C[C@H]([C@@H]4C)C5(C)C)N4CCN[C@@H](C(F)(F)F)C4)ccc3c2=O)c(F)c1. The summed E-state index contributed by atoms with van der Waals surface area (Å²) in [5, 5.41) is 6.31. The molecule has 51 heavy (non-hydrogen) atoms. The molecule has 4 aromatic rings. The number of ether oxygens (including phenoxy) is 1. The molecule has 3 aliphatic carbocycles. The van der Waals surface area contributed by atoms with Crippen LogP contribution in [0, 0.1) is 29.0 Å². The molecule has 3 saturated carbocycles. The quantitative estimate of drug-likeness (QED) is 0.128. The van der Waals surface area contributed by atoms with Gasteiger partial charge in [-0.1, -0.05) is 26.8 Å². The number of halogens is 4. The van der Waals surface area contributed by atoms with Crippen molar-refractivity contribution in [1.29, 1.82) is 0 Å². The monoisotopic (exact) mass is 705 g/mol. The van der Waals surface area contributed by atoms with Gasteiger partial charge in [0.2, 0.25) is 0 Å². The number of aromatic nitrogens is 3. The molecule has 4 aliphatic rings. The van der Waals surface area contributed by atoms with Crippen LogP contribution in [0.2, 0.25) is 0 Å². The van der Waals surface area contributed by atoms with E-state index in [9.17, 15) is 22.4 Å². The number of hydrogen-bond donors (Lipinski definition) is 2. The number of piperazine rings is 1. The highest BCUT2D eigenvalue weighted by Gasteiger charge is 2.56. The van der Waals surface area contributed by atoms with Crippen LogP contribution in [0.4, 0.5) is 23.2 Å². The minimum absolute atomic E-state index is 0.0259. The van der Waals surface area contributed by atoms with Gasteiger partial charge in [0, 0.05) is 55.9 Å². The Morgan fingerprint density at radius 2 is 1.98 bits per heavy atom. The van der Waals surface area contributed by atoms with Gasteiger partial charge in [0.15, 0.2) is 5.96 Å². The maximum Gasteiger partial charge on any atom is 0.405 e. The topological polar surface area (TPSA) is 96.7 Å². The van der Waals surface area contributed by atoms with E-state index in [1.807, 2.05) is 0 Å². The molecule has 8 rings (SSSR count). The number of aryl methyl sites for hydroxylation is 1. The highest BCUT2D eigenvalue weighted by Crippen LogP contribution is 2.61. The average molecular weight is 706 g/mol. The Hall–Kier alpha value is -4.52. The summed E-state index contributed by atoms with van der Waals surface area (Å²) in [6.07, 6.45) is 1.12. The highest BCUT2D eigenvalue weighted by atomic mass is 19.4. The summed E-state index contributed by atoms with van der Waals surface area (Å²) < 4.78 is 63.1. The van der Waals surface area contributed by atoms with Gasteiger partial charge in [-0.25, -0.2) is 14.4 Å². The molecule has 2 aromatic carbocycles. The number of alkyl halides is 3. The number of methoxy groups -OCH3 is 1. The molecule has 5 atom stereocenters. The second-order valence-electron chi connectivity index (χ2n) is 14.7. The molecule has 270 valence electrons. The Morgan fingerprint density at radius 3 is 2.67 bits per heavy atom. The third kappa shape index (κ3) is 6.80. The van der Waals surface area contributed by atoms with Gasteiger partial charge in [-0.3, -0.25) is 14.3 Å². The number of fused-ring (bicyclic) bond motifs is 3. The molecular weight excluding hydrogens is 662 g/mol. The van der Waals surface area contributed by atoms with Crippen molar-refractivity contribution in [1.82, 2.24) is 24.8 Å². The van der Waals surface area contributed by atoms with Crippen LogP contribution in [-0.4, -0.2) is 70.4 Å². The lowest BCUT2D eigenvalue weighted by molar-refractivity contribution is -0.161. The lowest BCUT2D eigenvalue weighted by atomic mass is 9.45. The van der Waals surface area contributed by atoms with Gasteiger partial charge in [-0.05, 0) is 84.4 Å². The standard InChI is InChI=1S/C38H43F4N7O2/c1-22-29-16-25(37(29,2)3)17-31(22)47-36(48-15-13-44-33(21-48)38(40,41)42)45-26-8-10-28-32(18-26)46-34(24-6-5-12-43-20-24)49(35(28)50)14-11-23-7-9-27(51-4)19-30(23)39/h5-10,12,18-20,22,25,29,31,33,44H,11,13-17,21H2,1-4H3,(H,45,47)/t22-,25-,29+,31-,33+/m0/s1. The van der Waals surface area contributed by atoms with Crippen molar-refractivity contribution >= 4 is 22.5 Å². The molecule has 3 heterocycles. The van der Waals surface area contributed by atoms with Crippen LogP contribution in [0.25, 0.3) is 22.3 Å². The molecule has 9 nitrogen and oxygen atoms in total. The second kappa shape index (κ2) is 13.6. The molecule has 0 radical (unpaired) electrons. The number of nitrogens with one attached hydrogen (secondary N) is 2. The van der Waals surface area contributed by atoms with Crippen LogP contribution < -0.4 is 20.9 Å². The Bertz CT molecular complexity index is 2000. The average Bonchev–Trinajstić information content (AvgIpc) is 3.11. The molecule has 2 N–H and O–H groups in total. The van der Waals surface area contributed by atoms with Crippen molar-refractivity contribution < 1.29 is 22.3 Å². The third-order valence-electron chi connectivity index (χ3n) is 11.5. The summed E-state index contributed by atoms with van der Waals surface area (Å²) >= 11 is 0. The van der Waals surface area contributed by atoms with E-state index < -0.39 is 18.0 Å². The van der Waals surface area contributed by atoms with E-state index in [-0.39, 0.29) is 49.0 Å². The van der Waals surface area contributed by atoms with Crippen molar-refractivity contribution in [3.63, 3.8) is 0 Å². The van der Waals surface area contributed by atoms with Crippen LogP contribution in [0.15, 0.2) is 70.7 Å². The van der Waals surface area contributed by atoms with Crippen molar-refractivity contribution in [2.75, 3.05) is 32.1 Å². The molecule has 1 saturated heterocycles. The summed E-state index contributed by atoms with van der Waals surface area (Å²) in [5.74, 6) is 2.06. The number of rotatable bonds is 7. The minimum Gasteiger partial charge on any atom is -0.497 e. The zero-order valence-corrected chi connectivity index (χ0v) is 29.2. The molecule has 2 aromatic heterocycles. The lowest BCUT2D eigenvalue weighted by Crippen LogP contribution is -2.60. The molecular formula is C38H43F4N7O2. The Balaban J connectivity index is 1.24. The van der Waals surface area contributed by atoms with Crippen molar-refractivity contribution in [3.8, 4) is 17.1 Å². The number of pyridine rings is 1. The Morgan fingerprint density at radius 1 is 1.16 bits per heavy atom. The van der Waals surface area contributed by atoms with Crippen LogP contribution in [0.5, 0.6) is 5.75 Å². The largest absolute Gasteiger partial charge is 0.497 e. The minimum atomic E-state index is -4.40. The molecule has 13 heteroatoms. The van der Waals surface area contributed by atoms with Crippen molar-refractivity contribution in [2.24, 2.45) is 28.2 Å². The molecule has 1 aliphatic heterocycles. The number of benzene rings is 2. The number of hydrogen-bond acceptors (Lipinski definition) is 6. The Labute approximate surface area is 294 Å². The summed E-state index contributed by atoms with van der Waals surface area (Å²) in [6.45, 7) is 7.22. The van der Waals surface area contributed by atoms with Gasteiger partial charge in [0.05, 0.1) is 24.1 Å². The molecule has 4 fully saturated rings. The van der Waals surface area contributed by atoms with E-state index in [1.54, 1.807) is 59.8 Å². The normalized spacial score (nSPS) is 24.7. The number of guanidine groups is 1. The smallest absolute Gasteiger partial charge is 0.405 e. The predicted molar refractivity (Wildman–Crippen MR) is 189 cm³/mol. The van der Waals surface area contributed by atoms with E-state index in [0.29, 0.717) is 63.6 Å². The van der Waals surface area contributed by atoms with Gasteiger partial charge >= 0.3 is 6.18 Å².